The Balaban J connectivity index is 0.00000208. The minimum absolute atomic E-state index is 0. The fourth-order valence-corrected chi connectivity index (χ4v) is 4.46. The molecule has 0 saturated heterocycles. The van der Waals surface area contributed by atoms with Crippen molar-refractivity contribution in [3.05, 3.63) is 0 Å². The molecule has 3 aliphatic rings. The van der Waals surface area contributed by atoms with Crippen molar-refractivity contribution in [2.75, 3.05) is 20.6 Å². The lowest BCUT2D eigenvalue weighted by atomic mass is 9.95. The molecule has 0 aromatic heterocycles. The maximum Gasteiger partial charge on any atom is 0.243 e. The maximum absolute atomic E-state index is 11.9. The number of nitrogens with one attached hydrogen (secondary N) is 2. The van der Waals surface area contributed by atoms with Crippen LogP contribution in [-0.4, -0.2) is 49.5 Å². The Morgan fingerprint density at radius 2 is 1.79 bits per heavy atom. The zero-order valence-electron chi connectivity index (χ0n) is 15.1. The molecule has 5 nitrogen and oxygen atoms in total. The molecule has 3 rings (SSSR count). The van der Waals surface area contributed by atoms with Crippen molar-refractivity contribution in [3.63, 3.8) is 0 Å². The number of rotatable bonds is 4. The summed E-state index contributed by atoms with van der Waals surface area (Å²) in [6, 6.07) is 1.07. The minimum Gasteiger partial charge on any atom is -0.354 e. The number of carbonyl (C=O) groups excluding carboxylic acids is 1. The molecule has 0 radical (unpaired) electrons. The van der Waals surface area contributed by atoms with E-state index in [0.717, 1.165) is 17.8 Å². The maximum atomic E-state index is 11.9. The first kappa shape index (κ1) is 19.8. The van der Waals surface area contributed by atoms with E-state index in [1.54, 1.807) is 19.0 Å². The largest absolute Gasteiger partial charge is 0.354 e. The van der Waals surface area contributed by atoms with Crippen LogP contribution in [0.15, 0.2) is 4.99 Å². The number of fused-ring (bicyclic) bond motifs is 2. The summed E-state index contributed by atoms with van der Waals surface area (Å²) in [6.45, 7) is 0.232. The van der Waals surface area contributed by atoms with Crippen molar-refractivity contribution in [2.45, 2.75) is 69.9 Å². The molecule has 0 aromatic rings. The molecule has 0 spiro atoms. The fourth-order valence-electron chi connectivity index (χ4n) is 4.46. The molecular formula is C18H33IN4O. The van der Waals surface area contributed by atoms with E-state index in [9.17, 15) is 4.79 Å². The number of guanidine groups is 1. The van der Waals surface area contributed by atoms with Gasteiger partial charge in [-0.15, -0.1) is 24.0 Å². The van der Waals surface area contributed by atoms with Crippen molar-refractivity contribution < 1.29 is 4.79 Å². The van der Waals surface area contributed by atoms with Gasteiger partial charge in [0.1, 0.15) is 6.54 Å². The zero-order valence-corrected chi connectivity index (χ0v) is 17.4. The summed E-state index contributed by atoms with van der Waals surface area (Å²) in [6.07, 6.45) is 11.8. The van der Waals surface area contributed by atoms with Crippen LogP contribution in [0.1, 0.15) is 57.8 Å². The summed E-state index contributed by atoms with van der Waals surface area (Å²) in [4.78, 5) is 18.1. The second-order valence-electron chi connectivity index (χ2n) is 7.86. The van der Waals surface area contributed by atoms with Gasteiger partial charge in [0.05, 0.1) is 0 Å². The number of carbonyl (C=O) groups is 1. The van der Waals surface area contributed by atoms with Crippen molar-refractivity contribution in [2.24, 2.45) is 16.8 Å². The third-order valence-corrected chi connectivity index (χ3v) is 5.88. The highest BCUT2D eigenvalue weighted by Gasteiger charge is 2.40. The van der Waals surface area contributed by atoms with Crippen LogP contribution in [0.3, 0.4) is 0 Å². The molecule has 2 bridgehead atoms. The lowest BCUT2D eigenvalue weighted by Gasteiger charge is -2.29. The standard InChI is InChI=1S/C18H32N4O.HI/c1-22(2)17(23)12-19-18(20-15-6-4-3-5-7-15)21-16-11-13-8-9-14(16)10-13;/h13-16H,3-12H2,1-2H3,(H2,19,20,21);1H. The second kappa shape index (κ2) is 9.25. The molecule has 3 fully saturated rings. The summed E-state index contributed by atoms with van der Waals surface area (Å²) in [7, 11) is 3.57. The molecule has 0 aromatic carbocycles. The van der Waals surface area contributed by atoms with Gasteiger partial charge in [0.25, 0.3) is 0 Å². The van der Waals surface area contributed by atoms with Gasteiger partial charge in [-0.3, -0.25) is 4.79 Å². The Kier molecular flexibility index (Phi) is 7.62. The molecule has 3 saturated carbocycles. The molecule has 0 aliphatic heterocycles. The fraction of sp³-hybridized carbons (Fsp3) is 0.889. The number of amides is 1. The van der Waals surface area contributed by atoms with Crippen LogP contribution in [0, 0.1) is 11.8 Å². The van der Waals surface area contributed by atoms with Gasteiger partial charge in [-0.1, -0.05) is 25.7 Å². The Hall–Kier alpha value is -0.530. The predicted octanol–water partition coefficient (Wildman–Crippen LogP) is 2.75. The summed E-state index contributed by atoms with van der Waals surface area (Å²) in [5.41, 5.74) is 0. The van der Waals surface area contributed by atoms with Crippen LogP contribution < -0.4 is 10.6 Å². The highest BCUT2D eigenvalue weighted by atomic mass is 127. The van der Waals surface area contributed by atoms with Gasteiger partial charge in [-0.2, -0.15) is 0 Å². The van der Waals surface area contributed by atoms with Gasteiger partial charge in [0.2, 0.25) is 5.91 Å². The molecule has 0 heterocycles. The highest BCUT2D eigenvalue weighted by molar-refractivity contribution is 14.0. The Morgan fingerprint density at radius 1 is 1.04 bits per heavy atom. The van der Waals surface area contributed by atoms with Crippen LogP contribution in [0.5, 0.6) is 0 Å². The van der Waals surface area contributed by atoms with Crippen molar-refractivity contribution in [1.82, 2.24) is 15.5 Å². The molecule has 2 N–H and O–H groups in total. The highest BCUT2D eigenvalue weighted by Crippen LogP contribution is 2.44. The first-order chi connectivity index (χ1) is 11.1. The van der Waals surface area contributed by atoms with E-state index < -0.39 is 0 Å². The van der Waals surface area contributed by atoms with E-state index >= 15 is 0 Å². The van der Waals surface area contributed by atoms with Crippen LogP contribution in [0.4, 0.5) is 0 Å². The summed E-state index contributed by atoms with van der Waals surface area (Å²) in [5.74, 6) is 2.65. The average molecular weight is 448 g/mol. The molecule has 24 heavy (non-hydrogen) atoms. The van der Waals surface area contributed by atoms with Crippen LogP contribution in [0.25, 0.3) is 0 Å². The van der Waals surface area contributed by atoms with E-state index in [0.29, 0.717) is 12.1 Å². The number of hydrogen-bond acceptors (Lipinski definition) is 2. The van der Waals surface area contributed by atoms with E-state index in [1.165, 1.54) is 57.8 Å². The van der Waals surface area contributed by atoms with E-state index in [2.05, 4.69) is 15.6 Å². The second-order valence-corrected chi connectivity index (χ2v) is 7.86. The van der Waals surface area contributed by atoms with Gasteiger partial charge in [0.15, 0.2) is 5.96 Å². The molecule has 3 unspecified atom stereocenters. The molecule has 1 amide bonds. The van der Waals surface area contributed by atoms with Crippen LogP contribution >= 0.6 is 24.0 Å². The third-order valence-electron chi connectivity index (χ3n) is 5.88. The van der Waals surface area contributed by atoms with Gasteiger partial charge < -0.3 is 15.5 Å². The lowest BCUT2D eigenvalue weighted by Crippen LogP contribution is -2.49. The number of likely N-dealkylation sites (N-methyl/N-ethyl adjacent to an activating group) is 1. The molecule has 3 atom stereocenters. The number of aliphatic imine (C=N–C) groups is 1. The number of nitrogens with zero attached hydrogens (tertiary/aromatic N) is 2. The van der Waals surface area contributed by atoms with Gasteiger partial charge in [-0.25, -0.2) is 4.99 Å². The normalized spacial score (nSPS) is 29.9. The van der Waals surface area contributed by atoms with Crippen molar-refractivity contribution in [3.8, 4) is 0 Å². The predicted molar refractivity (Wildman–Crippen MR) is 109 cm³/mol. The Labute approximate surface area is 163 Å². The smallest absolute Gasteiger partial charge is 0.243 e. The third kappa shape index (κ3) is 5.23. The van der Waals surface area contributed by atoms with Gasteiger partial charge in [-0.05, 0) is 43.9 Å². The topological polar surface area (TPSA) is 56.7 Å². The summed E-state index contributed by atoms with van der Waals surface area (Å²) >= 11 is 0. The number of hydrogen-bond donors (Lipinski definition) is 2. The van der Waals surface area contributed by atoms with E-state index in [1.807, 2.05) is 0 Å². The summed E-state index contributed by atoms with van der Waals surface area (Å²) < 4.78 is 0. The Morgan fingerprint density at radius 3 is 2.38 bits per heavy atom. The quantitative estimate of drug-likeness (QED) is 0.395. The van der Waals surface area contributed by atoms with E-state index in [-0.39, 0.29) is 36.4 Å². The molecule has 3 aliphatic carbocycles. The average Bonchev–Trinajstić information content (AvgIpc) is 3.16. The van der Waals surface area contributed by atoms with Gasteiger partial charge in [0, 0.05) is 26.2 Å². The van der Waals surface area contributed by atoms with Crippen molar-refractivity contribution >= 4 is 35.8 Å². The Bertz CT molecular complexity index is 448. The first-order valence-corrected chi connectivity index (χ1v) is 9.39. The number of halogens is 1. The SMILES string of the molecule is CN(C)C(=O)CN=C(NC1CCCCC1)NC1CC2CCC1C2.I. The molecule has 6 heteroatoms. The summed E-state index contributed by atoms with van der Waals surface area (Å²) in [5, 5.41) is 7.26. The van der Waals surface area contributed by atoms with Gasteiger partial charge >= 0.3 is 0 Å². The van der Waals surface area contributed by atoms with Crippen molar-refractivity contribution in [1.29, 1.82) is 0 Å². The monoisotopic (exact) mass is 448 g/mol. The minimum atomic E-state index is 0. The van der Waals surface area contributed by atoms with E-state index in [4.69, 9.17) is 0 Å². The zero-order chi connectivity index (χ0) is 16.2. The van der Waals surface area contributed by atoms with Crippen LogP contribution in [0.2, 0.25) is 0 Å². The molecule has 138 valence electrons. The molecular weight excluding hydrogens is 415 g/mol. The first-order valence-electron chi connectivity index (χ1n) is 9.39. The van der Waals surface area contributed by atoms with Crippen LogP contribution in [-0.2, 0) is 4.79 Å². The lowest BCUT2D eigenvalue weighted by molar-refractivity contribution is -0.127.